The molecule has 2 aliphatic rings. The Hall–Kier alpha value is -2.13. The molecule has 0 spiro atoms. The van der Waals surface area contributed by atoms with E-state index in [4.69, 9.17) is 16.3 Å². The Kier molecular flexibility index (Phi) is 6.81. The molecule has 1 amide bonds. The maximum absolute atomic E-state index is 13.0. The van der Waals surface area contributed by atoms with Gasteiger partial charge in [0.1, 0.15) is 0 Å². The van der Waals surface area contributed by atoms with Gasteiger partial charge in [-0.3, -0.25) is 4.79 Å². The van der Waals surface area contributed by atoms with Gasteiger partial charge in [0.2, 0.25) is 15.9 Å². The Bertz CT molecular complexity index is 1010. The van der Waals surface area contributed by atoms with Crippen LogP contribution in [0.1, 0.15) is 12.8 Å². The minimum Gasteiger partial charge on any atom is -0.378 e. The van der Waals surface area contributed by atoms with Crippen molar-refractivity contribution in [3.63, 3.8) is 0 Å². The Morgan fingerprint density at radius 2 is 1.68 bits per heavy atom. The Labute approximate surface area is 188 Å². The van der Waals surface area contributed by atoms with Crippen LogP contribution in [0.5, 0.6) is 0 Å². The van der Waals surface area contributed by atoms with Crippen LogP contribution in [0, 0.1) is 5.92 Å². The molecule has 1 N–H and O–H groups in total. The summed E-state index contributed by atoms with van der Waals surface area (Å²) in [7, 11) is -3.66. The van der Waals surface area contributed by atoms with Gasteiger partial charge in [-0.1, -0.05) is 11.6 Å². The molecule has 2 aromatic rings. The summed E-state index contributed by atoms with van der Waals surface area (Å²) in [5.41, 5.74) is 1.80. The molecule has 0 bridgehead atoms. The molecule has 9 heteroatoms. The molecular weight excluding hydrogens is 438 g/mol. The molecule has 7 nitrogen and oxygen atoms in total. The van der Waals surface area contributed by atoms with E-state index in [9.17, 15) is 13.2 Å². The van der Waals surface area contributed by atoms with E-state index in [0.717, 1.165) is 32.0 Å². The average Bonchev–Trinajstić information content (AvgIpc) is 2.80. The normalized spacial score (nSPS) is 20.4. The van der Waals surface area contributed by atoms with Crippen LogP contribution in [0.15, 0.2) is 53.4 Å². The number of morpholine rings is 1. The summed E-state index contributed by atoms with van der Waals surface area (Å²) >= 11 is 5.87. The highest BCUT2D eigenvalue weighted by atomic mass is 35.5. The lowest BCUT2D eigenvalue weighted by Crippen LogP contribution is -2.43. The maximum atomic E-state index is 13.0. The first-order valence-electron chi connectivity index (χ1n) is 10.4. The molecule has 0 unspecified atom stereocenters. The van der Waals surface area contributed by atoms with Crippen molar-refractivity contribution in [3.05, 3.63) is 53.6 Å². The Balaban J connectivity index is 1.39. The first kappa shape index (κ1) is 22.1. The van der Waals surface area contributed by atoms with Gasteiger partial charge in [0.15, 0.2) is 0 Å². The van der Waals surface area contributed by atoms with Crippen molar-refractivity contribution in [2.45, 2.75) is 17.7 Å². The van der Waals surface area contributed by atoms with Gasteiger partial charge in [-0.15, -0.1) is 0 Å². The lowest BCUT2D eigenvalue weighted by Gasteiger charge is -2.31. The number of carbonyl (C=O) groups is 1. The van der Waals surface area contributed by atoms with Crippen molar-refractivity contribution < 1.29 is 17.9 Å². The van der Waals surface area contributed by atoms with Crippen molar-refractivity contribution >= 4 is 38.9 Å². The van der Waals surface area contributed by atoms with Gasteiger partial charge in [0, 0.05) is 42.6 Å². The highest BCUT2D eigenvalue weighted by molar-refractivity contribution is 7.89. The second-order valence-electron chi connectivity index (χ2n) is 7.79. The summed E-state index contributed by atoms with van der Waals surface area (Å²) < 4.78 is 32.7. The number of ether oxygens (including phenoxy) is 1. The number of hydrogen-bond donors (Lipinski definition) is 1. The number of nitrogens with one attached hydrogen (secondary N) is 1. The molecular formula is C22H26ClN3O4S. The van der Waals surface area contributed by atoms with E-state index in [1.165, 1.54) is 16.4 Å². The summed E-state index contributed by atoms with van der Waals surface area (Å²) in [6.45, 7) is 3.72. The highest BCUT2D eigenvalue weighted by Crippen LogP contribution is 2.26. The van der Waals surface area contributed by atoms with Crippen molar-refractivity contribution in [3.8, 4) is 0 Å². The summed E-state index contributed by atoms with van der Waals surface area (Å²) in [6.07, 6.45) is 1.30. The SMILES string of the molecule is O=C(Nc1ccc(N2CCOCC2)cc1)[C@H]1CCCN(S(=O)(=O)c2ccc(Cl)cc2)C1. The third kappa shape index (κ3) is 5.20. The molecule has 1 atom stereocenters. The van der Waals surface area contributed by atoms with Gasteiger partial charge in [-0.2, -0.15) is 4.31 Å². The van der Waals surface area contributed by atoms with Gasteiger partial charge in [-0.25, -0.2) is 8.42 Å². The smallest absolute Gasteiger partial charge is 0.243 e. The number of sulfonamides is 1. The van der Waals surface area contributed by atoms with Gasteiger partial charge >= 0.3 is 0 Å². The van der Waals surface area contributed by atoms with Gasteiger partial charge < -0.3 is 15.0 Å². The quantitative estimate of drug-likeness (QED) is 0.736. The molecule has 0 saturated carbocycles. The largest absolute Gasteiger partial charge is 0.378 e. The molecule has 2 saturated heterocycles. The first-order valence-corrected chi connectivity index (χ1v) is 12.2. The minimum absolute atomic E-state index is 0.157. The van der Waals surface area contributed by atoms with E-state index in [0.29, 0.717) is 30.1 Å². The molecule has 0 radical (unpaired) electrons. The number of nitrogens with zero attached hydrogens (tertiary/aromatic N) is 2. The lowest BCUT2D eigenvalue weighted by atomic mass is 9.98. The van der Waals surface area contributed by atoms with Crippen LogP contribution in [0.3, 0.4) is 0 Å². The number of hydrogen-bond acceptors (Lipinski definition) is 5. The molecule has 31 heavy (non-hydrogen) atoms. The number of amides is 1. The Morgan fingerprint density at radius 1 is 1.00 bits per heavy atom. The van der Waals surface area contributed by atoms with Crippen LogP contribution in [0.2, 0.25) is 5.02 Å². The fraction of sp³-hybridized carbons (Fsp3) is 0.409. The summed E-state index contributed by atoms with van der Waals surface area (Å²) in [4.78, 5) is 15.3. The molecule has 4 rings (SSSR count). The van der Waals surface area contributed by atoms with E-state index in [1.807, 2.05) is 24.3 Å². The zero-order valence-corrected chi connectivity index (χ0v) is 18.7. The molecule has 0 aliphatic carbocycles. The first-order chi connectivity index (χ1) is 14.9. The molecule has 2 heterocycles. The summed E-state index contributed by atoms with van der Waals surface area (Å²) in [5, 5.41) is 3.42. The van der Waals surface area contributed by atoms with E-state index in [1.54, 1.807) is 12.1 Å². The van der Waals surface area contributed by atoms with Crippen LogP contribution < -0.4 is 10.2 Å². The predicted octanol–water partition coefficient (Wildman–Crippen LogP) is 3.22. The number of halogens is 1. The zero-order chi connectivity index (χ0) is 21.8. The fourth-order valence-corrected chi connectivity index (χ4v) is 5.60. The third-order valence-corrected chi connectivity index (χ3v) is 7.85. The Morgan fingerprint density at radius 3 is 2.35 bits per heavy atom. The van der Waals surface area contributed by atoms with Crippen LogP contribution in [-0.2, 0) is 19.6 Å². The average molecular weight is 464 g/mol. The van der Waals surface area contributed by atoms with Crippen molar-refractivity contribution in [1.82, 2.24) is 4.31 Å². The van der Waals surface area contributed by atoms with Gasteiger partial charge in [0.05, 0.1) is 24.0 Å². The monoisotopic (exact) mass is 463 g/mol. The number of carbonyl (C=O) groups excluding carboxylic acids is 1. The van der Waals surface area contributed by atoms with E-state index in [-0.39, 0.29) is 17.3 Å². The second kappa shape index (κ2) is 9.56. The van der Waals surface area contributed by atoms with Crippen molar-refractivity contribution in [1.29, 1.82) is 0 Å². The summed E-state index contributed by atoms with van der Waals surface area (Å²) in [6, 6.07) is 13.8. The zero-order valence-electron chi connectivity index (χ0n) is 17.2. The third-order valence-electron chi connectivity index (χ3n) is 5.72. The number of piperidine rings is 1. The number of benzene rings is 2. The molecule has 2 aromatic carbocycles. The van der Waals surface area contributed by atoms with E-state index >= 15 is 0 Å². The minimum atomic E-state index is -3.66. The lowest BCUT2D eigenvalue weighted by molar-refractivity contribution is -0.120. The predicted molar refractivity (Wildman–Crippen MR) is 121 cm³/mol. The van der Waals surface area contributed by atoms with Gasteiger partial charge in [0.25, 0.3) is 0 Å². The van der Waals surface area contributed by atoms with Gasteiger partial charge in [-0.05, 0) is 61.4 Å². The van der Waals surface area contributed by atoms with Crippen molar-refractivity contribution in [2.24, 2.45) is 5.92 Å². The van der Waals surface area contributed by atoms with Crippen LogP contribution in [0.25, 0.3) is 0 Å². The molecule has 0 aromatic heterocycles. The van der Waals surface area contributed by atoms with Crippen molar-refractivity contribution in [2.75, 3.05) is 49.6 Å². The van der Waals surface area contributed by atoms with Crippen LogP contribution in [-0.4, -0.2) is 58.0 Å². The van der Waals surface area contributed by atoms with E-state index in [2.05, 4.69) is 10.2 Å². The second-order valence-corrected chi connectivity index (χ2v) is 10.2. The topological polar surface area (TPSA) is 79.0 Å². The summed E-state index contributed by atoms with van der Waals surface area (Å²) in [5.74, 6) is -0.551. The van der Waals surface area contributed by atoms with Crippen LogP contribution in [0.4, 0.5) is 11.4 Å². The number of anilines is 2. The standard InChI is InChI=1S/C22H26ClN3O4S/c23-18-3-9-21(10-4-18)31(28,29)26-11-1-2-17(16-26)22(27)24-19-5-7-20(8-6-19)25-12-14-30-15-13-25/h3-10,17H,1-2,11-16H2,(H,24,27)/t17-/m0/s1. The molecule has 166 valence electrons. The van der Waals surface area contributed by atoms with E-state index < -0.39 is 15.9 Å². The number of rotatable bonds is 5. The fourth-order valence-electron chi connectivity index (χ4n) is 3.95. The molecule has 2 aliphatic heterocycles. The highest BCUT2D eigenvalue weighted by Gasteiger charge is 2.33. The maximum Gasteiger partial charge on any atom is 0.243 e. The molecule has 2 fully saturated rings. The van der Waals surface area contributed by atoms with Crippen LogP contribution >= 0.6 is 11.6 Å².